The van der Waals surface area contributed by atoms with Crippen LogP contribution >= 0.6 is 0 Å². The van der Waals surface area contributed by atoms with E-state index in [-0.39, 0.29) is 11.9 Å². The highest BCUT2D eigenvalue weighted by Crippen LogP contribution is 2.15. The van der Waals surface area contributed by atoms with Crippen LogP contribution < -0.4 is 15.4 Å². The Morgan fingerprint density at radius 1 is 1.27 bits per heavy atom. The SMILES string of the molecule is CCC(C)Nc1nccc(C(=O)Nc2ccc(OC)cc2)n1. The average molecular weight is 300 g/mol. The van der Waals surface area contributed by atoms with Crippen molar-refractivity contribution in [2.75, 3.05) is 17.7 Å². The molecule has 6 heteroatoms. The van der Waals surface area contributed by atoms with Gasteiger partial charge in [-0.1, -0.05) is 6.92 Å². The second-order valence-electron chi connectivity index (χ2n) is 4.90. The fourth-order valence-corrected chi connectivity index (χ4v) is 1.75. The molecule has 0 aliphatic rings. The lowest BCUT2D eigenvalue weighted by Gasteiger charge is -2.11. The number of nitrogens with one attached hydrogen (secondary N) is 2. The van der Waals surface area contributed by atoms with Crippen LogP contribution in [0.5, 0.6) is 5.75 Å². The van der Waals surface area contributed by atoms with Crippen LogP contribution in [0.25, 0.3) is 0 Å². The Hall–Kier alpha value is -2.63. The number of ether oxygens (including phenoxy) is 1. The molecule has 0 fully saturated rings. The number of anilines is 2. The molecule has 6 nitrogen and oxygen atoms in total. The van der Waals surface area contributed by atoms with E-state index in [0.29, 0.717) is 17.3 Å². The first kappa shape index (κ1) is 15.8. The van der Waals surface area contributed by atoms with Crippen molar-refractivity contribution in [3.05, 3.63) is 42.2 Å². The number of amides is 1. The van der Waals surface area contributed by atoms with E-state index in [0.717, 1.165) is 12.2 Å². The lowest BCUT2D eigenvalue weighted by atomic mass is 10.2. The molecule has 1 amide bonds. The number of methoxy groups -OCH3 is 1. The third-order valence-electron chi connectivity index (χ3n) is 3.22. The Bertz CT molecular complexity index is 628. The third kappa shape index (κ3) is 4.18. The Balaban J connectivity index is 2.06. The van der Waals surface area contributed by atoms with Gasteiger partial charge in [-0.15, -0.1) is 0 Å². The zero-order valence-corrected chi connectivity index (χ0v) is 13.0. The fourth-order valence-electron chi connectivity index (χ4n) is 1.75. The van der Waals surface area contributed by atoms with Crippen LogP contribution in [-0.4, -0.2) is 29.0 Å². The zero-order chi connectivity index (χ0) is 15.9. The van der Waals surface area contributed by atoms with Gasteiger partial charge in [0.2, 0.25) is 5.95 Å². The van der Waals surface area contributed by atoms with Crippen molar-refractivity contribution in [3.8, 4) is 5.75 Å². The van der Waals surface area contributed by atoms with Crippen molar-refractivity contribution in [2.45, 2.75) is 26.3 Å². The molecule has 2 rings (SSSR count). The summed E-state index contributed by atoms with van der Waals surface area (Å²) >= 11 is 0. The molecule has 1 atom stereocenters. The molecule has 0 saturated heterocycles. The molecule has 0 radical (unpaired) electrons. The van der Waals surface area contributed by atoms with Gasteiger partial charge < -0.3 is 15.4 Å². The maximum absolute atomic E-state index is 12.2. The highest BCUT2D eigenvalue weighted by Gasteiger charge is 2.10. The first-order valence-corrected chi connectivity index (χ1v) is 7.17. The van der Waals surface area contributed by atoms with Gasteiger partial charge >= 0.3 is 0 Å². The van der Waals surface area contributed by atoms with E-state index in [4.69, 9.17) is 4.74 Å². The Morgan fingerprint density at radius 2 is 2.00 bits per heavy atom. The molecular weight excluding hydrogens is 280 g/mol. The van der Waals surface area contributed by atoms with Gasteiger partial charge in [0, 0.05) is 17.9 Å². The molecule has 0 aliphatic heterocycles. The molecule has 22 heavy (non-hydrogen) atoms. The van der Waals surface area contributed by atoms with E-state index in [1.807, 2.05) is 6.92 Å². The van der Waals surface area contributed by atoms with Crippen molar-refractivity contribution in [3.63, 3.8) is 0 Å². The normalized spacial score (nSPS) is 11.6. The number of nitrogens with zero attached hydrogens (tertiary/aromatic N) is 2. The second kappa shape index (κ2) is 7.40. The van der Waals surface area contributed by atoms with Gasteiger partial charge in [-0.25, -0.2) is 9.97 Å². The molecular formula is C16H20N4O2. The summed E-state index contributed by atoms with van der Waals surface area (Å²) in [6.45, 7) is 4.10. The first-order valence-electron chi connectivity index (χ1n) is 7.17. The molecule has 0 bridgehead atoms. The lowest BCUT2D eigenvalue weighted by Crippen LogP contribution is -2.18. The molecule has 116 valence electrons. The summed E-state index contributed by atoms with van der Waals surface area (Å²) in [5.41, 5.74) is 0.998. The van der Waals surface area contributed by atoms with E-state index >= 15 is 0 Å². The van der Waals surface area contributed by atoms with Gasteiger partial charge in [-0.05, 0) is 43.7 Å². The summed E-state index contributed by atoms with van der Waals surface area (Å²) in [5, 5.41) is 5.94. The number of benzene rings is 1. The predicted molar refractivity (Wildman–Crippen MR) is 86.4 cm³/mol. The molecule has 0 aliphatic carbocycles. The standard InChI is InChI=1S/C16H20N4O2/c1-4-11(2)18-16-17-10-9-14(20-16)15(21)19-12-5-7-13(22-3)8-6-12/h5-11H,4H2,1-3H3,(H,19,21)(H,17,18,20). The average Bonchev–Trinajstić information content (AvgIpc) is 2.55. The summed E-state index contributed by atoms with van der Waals surface area (Å²) in [6.07, 6.45) is 2.52. The minimum atomic E-state index is -0.278. The van der Waals surface area contributed by atoms with Gasteiger partial charge in [0.05, 0.1) is 7.11 Å². The summed E-state index contributed by atoms with van der Waals surface area (Å²) in [4.78, 5) is 20.6. The number of carbonyl (C=O) groups excluding carboxylic acids is 1. The van der Waals surface area contributed by atoms with E-state index in [2.05, 4.69) is 27.5 Å². The summed E-state index contributed by atoms with van der Waals surface area (Å²) in [6, 6.07) is 8.95. The van der Waals surface area contributed by atoms with E-state index in [9.17, 15) is 4.79 Å². The van der Waals surface area contributed by atoms with Crippen LogP contribution in [0, 0.1) is 0 Å². The molecule has 1 unspecified atom stereocenters. The smallest absolute Gasteiger partial charge is 0.274 e. The maximum atomic E-state index is 12.2. The van der Waals surface area contributed by atoms with Gasteiger partial charge in [0.1, 0.15) is 11.4 Å². The molecule has 2 N–H and O–H groups in total. The van der Waals surface area contributed by atoms with Crippen molar-refractivity contribution in [1.29, 1.82) is 0 Å². The molecule has 0 saturated carbocycles. The van der Waals surface area contributed by atoms with E-state index in [1.165, 1.54) is 0 Å². The lowest BCUT2D eigenvalue weighted by molar-refractivity contribution is 0.102. The van der Waals surface area contributed by atoms with Gasteiger partial charge in [-0.2, -0.15) is 0 Å². The molecule has 1 aromatic carbocycles. The molecule has 1 aromatic heterocycles. The largest absolute Gasteiger partial charge is 0.497 e. The van der Waals surface area contributed by atoms with Crippen LogP contribution in [-0.2, 0) is 0 Å². The number of aromatic nitrogens is 2. The second-order valence-corrected chi connectivity index (χ2v) is 4.90. The van der Waals surface area contributed by atoms with Crippen LogP contribution in [0.3, 0.4) is 0 Å². The van der Waals surface area contributed by atoms with Crippen LogP contribution in [0.2, 0.25) is 0 Å². The quantitative estimate of drug-likeness (QED) is 0.857. The Kier molecular flexibility index (Phi) is 5.30. The molecule has 1 heterocycles. The van der Waals surface area contributed by atoms with Crippen LogP contribution in [0.15, 0.2) is 36.5 Å². The summed E-state index contributed by atoms with van der Waals surface area (Å²) < 4.78 is 5.08. The monoisotopic (exact) mass is 300 g/mol. The molecule has 0 spiro atoms. The molecule has 2 aromatic rings. The van der Waals surface area contributed by atoms with Crippen molar-refractivity contribution >= 4 is 17.5 Å². The van der Waals surface area contributed by atoms with E-state index < -0.39 is 0 Å². The maximum Gasteiger partial charge on any atom is 0.274 e. The third-order valence-corrected chi connectivity index (χ3v) is 3.22. The van der Waals surface area contributed by atoms with Gasteiger partial charge in [-0.3, -0.25) is 4.79 Å². The van der Waals surface area contributed by atoms with Crippen molar-refractivity contribution < 1.29 is 9.53 Å². The van der Waals surface area contributed by atoms with E-state index in [1.54, 1.807) is 43.6 Å². The Morgan fingerprint density at radius 3 is 2.64 bits per heavy atom. The topological polar surface area (TPSA) is 76.1 Å². The predicted octanol–water partition coefficient (Wildman–Crippen LogP) is 2.95. The van der Waals surface area contributed by atoms with Crippen molar-refractivity contribution in [1.82, 2.24) is 9.97 Å². The first-order chi connectivity index (χ1) is 10.6. The fraction of sp³-hybridized carbons (Fsp3) is 0.312. The Labute approximate surface area is 129 Å². The number of rotatable bonds is 6. The highest BCUT2D eigenvalue weighted by atomic mass is 16.5. The van der Waals surface area contributed by atoms with Crippen LogP contribution in [0.4, 0.5) is 11.6 Å². The zero-order valence-electron chi connectivity index (χ0n) is 13.0. The minimum absolute atomic E-state index is 0.250. The highest BCUT2D eigenvalue weighted by molar-refractivity contribution is 6.02. The number of hydrogen-bond acceptors (Lipinski definition) is 5. The number of hydrogen-bond donors (Lipinski definition) is 2. The minimum Gasteiger partial charge on any atom is -0.497 e. The number of carbonyl (C=O) groups is 1. The van der Waals surface area contributed by atoms with Crippen LogP contribution in [0.1, 0.15) is 30.8 Å². The summed E-state index contributed by atoms with van der Waals surface area (Å²) in [5.74, 6) is 0.913. The summed E-state index contributed by atoms with van der Waals surface area (Å²) in [7, 11) is 1.60. The van der Waals surface area contributed by atoms with Crippen molar-refractivity contribution in [2.24, 2.45) is 0 Å². The van der Waals surface area contributed by atoms with Gasteiger partial charge in [0.25, 0.3) is 5.91 Å². The van der Waals surface area contributed by atoms with Gasteiger partial charge in [0.15, 0.2) is 0 Å².